The number of carboxylic acids is 1. The Balaban J connectivity index is 2.17. The van der Waals surface area contributed by atoms with Crippen LogP contribution in [0.15, 0.2) is 29.2 Å². The zero-order chi connectivity index (χ0) is 15.6. The number of carbonyl (C=O) groups is 1. The summed E-state index contributed by atoms with van der Waals surface area (Å²) in [4.78, 5) is 11.3. The molecule has 0 spiro atoms. The second-order valence-corrected chi connectivity index (χ2v) is 7.37. The maximum absolute atomic E-state index is 12.3. The van der Waals surface area contributed by atoms with Gasteiger partial charge in [-0.3, -0.25) is 4.79 Å². The largest absolute Gasteiger partial charge is 0.480 e. The lowest BCUT2D eigenvalue weighted by Gasteiger charge is -2.15. The number of benzene rings is 1. The van der Waals surface area contributed by atoms with Crippen LogP contribution < -0.4 is 4.72 Å². The molecule has 0 amide bonds. The second kappa shape index (κ2) is 6.15. The summed E-state index contributed by atoms with van der Waals surface area (Å²) < 4.78 is 26.8. The van der Waals surface area contributed by atoms with Gasteiger partial charge < -0.3 is 5.11 Å². The molecule has 1 saturated carbocycles. The molecule has 116 valence electrons. The highest BCUT2D eigenvalue weighted by Crippen LogP contribution is 2.33. The van der Waals surface area contributed by atoms with Crippen molar-refractivity contribution in [3.8, 4) is 0 Å². The summed E-state index contributed by atoms with van der Waals surface area (Å²) >= 11 is 0. The van der Waals surface area contributed by atoms with Crippen LogP contribution in [-0.4, -0.2) is 25.5 Å². The molecule has 1 aromatic carbocycles. The van der Waals surface area contributed by atoms with E-state index in [1.54, 1.807) is 12.1 Å². The van der Waals surface area contributed by atoms with Crippen molar-refractivity contribution in [3.05, 3.63) is 29.8 Å². The molecule has 21 heavy (non-hydrogen) atoms. The summed E-state index contributed by atoms with van der Waals surface area (Å²) in [5, 5.41) is 9.12. The quantitative estimate of drug-likeness (QED) is 0.809. The molecule has 0 aromatic heterocycles. The fourth-order valence-electron chi connectivity index (χ4n) is 2.22. The summed E-state index contributed by atoms with van der Waals surface area (Å²) in [6.45, 7) is 4.15. The smallest absolute Gasteiger partial charge is 0.322 e. The minimum atomic E-state index is -3.79. The first-order valence-corrected chi connectivity index (χ1v) is 8.68. The lowest BCUT2D eigenvalue weighted by Crippen LogP contribution is -2.42. The topological polar surface area (TPSA) is 83.5 Å². The van der Waals surface area contributed by atoms with Crippen molar-refractivity contribution in [2.75, 3.05) is 0 Å². The Bertz CT molecular complexity index is 605. The summed E-state index contributed by atoms with van der Waals surface area (Å²) in [6.07, 6.45) is 2.49. The Labute approximate surface area is 125 Å². The SMILES string of the molecule is CCC(C)c1ccc(S(=O)(=O)NC(C(=O)O)C2CC2)cc1. The maximum Gasteiger partial charge on any atom is 0.322 e. The standard InChI is InChI=1S/C15H21NO4S/c1-3-10(2)11-6-8-13(9-7-11)21(19,20)16-14(15(17)18)12-4-5-12/h6-10,12,14,16H,3-5H2,1-2H3,(H,17,18). The molecule has 1 aliphatic rings. The Morgan fingerprint density at radius 3 is 2.33 bits per heavy atom. The number of rotatable bonds is 7. The molecule has 2 N–H and O–H groups in total. The van der Waals surface area contributed by atoms with Crippen LogP contribution in [0.4, 0.5) is 0 Å². The third-order valence-electron chi connectivity index (χ3n) is 4.01. The average Bonchev–Trinajstić information content (AvgIpc) is 3.28. The minimum Gasteiger partial charge on any atom is -0.480 e. The molecule has 0 saturated heterocycles. The van der Waals surface area contributed by atoms with Crippen molar-refractivity contribution in [2.45, 2.75) is 50.0 Å². The molecule has 0 aliphatic heterocycles. The van der Waals surface area contributed by atoms with Gasteiger partial charge in [0.05, 0.1) is 4.90 Å². The third kappa shape index (κ3) is 3.83. The summed E-state index contributed by atoms with van der Waals surface area (Å²) in [7, 11) is -3.79. The lowest BCUT2D eigenvalue weighted by atomic mass is 9.99. The van der Waals surface area contributed by atoms with Gasteiger partial charge in [0.2, 0.25) is 10.0 Å². The average molecular weight is 311 g/mol. The highest BCUT2D eigenvalue weighted by atomic mass is 32.2. The van der Waals surface area contributed by atoms with E-state index < -0.39 is 22.0 Å². The Hall–Kier alpha value is -1.40. The van der Waals surface area contributed by atoms with Crippen LogP contribution in [0.25, 0.3) is 0 Å². The number of carboxylic acid groups (broad SMARTS) is 1. The fourth-order valence-corrected chi connectivity index (χ4v) is 3.48. The van der Waals surface area contributed by atoms with Gasteiger partial charge in [-0.2, -0.15) is 4.72 Å². The summed E-state index contributed by atoms with van der Waals surface area (Å²) in [5.41, 5.74) is 1.08. The van der Waals surface area contributed by atoms with Gasteiger partial charge in [0.1, 0.15) is 6.04 Å². The van der Waals surface area contributed by atoms with Gasteiger partial charge in [-0.1, -0.05) is 26.0 Å². The molecule has 1 aromatic rings. The summed E-state index contributed by atoms with van der Waals surface area (Å²) in [5.74, 6) is -0.832. The van der Waals surface area contributed by atoms with Crippen LogP contribution in [0.5, 0.6) is 0 Å². The molecule has 1 fully saturated rings. The first-order valence-electron chi connectivity index (χ1n) is 7.20. The van der Waals surface area contributed by atoms with Crippen LogP contribution in [-0.2, 0) is 14.8 Å². The van der Waals surface area contributed by atoms with E-state index in [4.69, 9.17) is 5.11 Å². The first-order chi connectivity index (χ1) is 9.85. The monoisotopic (exact) mass is 311 g/mol. The van der Waals surface area contributed by atoms with Crippen LogP contribution in [0.1, 0.15) is 44.6 Å². The van der Waals surface area contributed by atoms with Crippen molar-refractivity contribution >= 4 is 16.0 Å². The van der Waals surface area contributed by atoms with Gasteiger partial charge in [-0.05, 0) is 48.8 Å². The molecule has 2 rings (SSSR count). The zero-order valence-corrected chi connectivity index (χ0v) is 13.1. The molecule has 0 bridgehead atoms. The molecule has 0 heterocycles. The molecular formula is C15H21NO4S. The van der Waals surface area contributed by atoms with Crippen LogP contribution in [0.2, 0.25) is 0 Å². The van der Waals surface area contributed by atoms with E-state index in [0.717, 1.165) is 24.8 Å². The number of nitrogens with one attached hydrogen (secondary N) is 1. The third-order valence-corrected chi connectivity index (χ3v) is 5.47. The van der Waals surface area contributed by atoms with Crippen LogP contribution in [0, 0.1) is 5.92 Å². The van der Waals surface area contributed by atoms with Gasteiger partial charge >= 0.3 is 5.97 Å². The Morgan fingerprint density at radius 2 is 1.90 bits per heavy atom. The molecule has 6 heteroatoms. The molecule has 2 unspecified atom stereocenters. The summed E-state index contributed by atoms with van der Waals surface area (Å²) in [6, 6.07) is 5.63. The predicted molar refractivity (Wildman–Crippen MR) is 79.6 cm³/mol. The van der Waals surface area contributed by atoms with E-state index in [1.165, 1.54) is 12.1 Å². The maximum atomic E-state index is 12.3. The van der Waals surface area contributed by atoms with E-state index in [1.807, 2.05) is 0 Å². The Morgan fingerprint density at radius 1 is 1.33 bits per heavy atom. The van der Waals surface area contributed by atoms with Crippen molar-refractivity contribution in [3.63, 3.8) is 0 Å². The van der Waals surface area contributed by atoms with Crippen LogP contribution >= 0.6 is 0 Å². The molecule has 0 radical (unpaired) electrons. The van der Waals surface area contributed by atoms with E-state index in [0.29, 0.717) is 5.92 Å². The number of aliphatic carboxylic acids is 1. The van der Waals surface area contributed by atoms with Crippen molar-refractivity contribution < 1.29 is 18.3 Å². The van der Waals surface area contributed by atoms with Crippen molar-refractivity contribution in [1.82, 2.24) is 4.72 Å². The lowest BCUT2D eigenvalue weighted by molar-refractivity contribution is -0.139. The van der Waals surface area contributed by atoms with Gasteiger partial charge in [0.25, 0.3) is 0 Å². The van der Waals surface area contributed by atoms with E-state index in [-0.39, 0.29) is 10.8 Å². The van der Waals surface area contributed by atoms with E-state index in [2.05, 4.69) is 18.6 Å². The van der Waals surface area contributed by atoms with Crippen LogP contribution in [0.3, 0.4) is 0 Å². The molecule has 1 aliphatic carbocycles. The van der Waals surface area contributed by atoms with Gasteiger partial charge in [-0.25, -0.2) is 8.42 Å². The van der Waals surface area contributed by atoms with Gasteiger partial charge in [0.15, 0.2) is 0 Å². The highest BCUT2D eigenvalue weighted by Gasteiger charge is 2.39. The van der Waals surface area contributed by atoms with Crippen molar-refractivity contribution in [2.24, 2.45) is 5.92 Å². The second-order valence-electron chi connectivity index (χ2n) is 5.65. The van der Waals surface area contributed by atoms with Crippen molar-refractivity contribution in [1.29, 1.82) is 0 Å². The normalized spacial score (nSPS) is 18.2. The highest BCUT2D eigenvalue weighted by molar-refractivity contribution is 7.89. The number of hydrogen-bond acceptors (Lipinski definition) is 3. The number of hydrogen-bond donors (Lipinski definition) is 2. The Kier molecular flexibility index (Phi) is 4.68. The molecule has 5 nitrogen and oxygen atoms in total. The first kappa shape index (κ1) is 16.0. The fraction of sp³-hybridized carbons (Fsp3) is 0.533. The van der Waals surface area contributed by atoms with E-state index in [9.17, 15) is 13.2 Å². The minimum absolute atomic E-state index is 0.0864. The molecular weight excluding hydrogens is 290 g/mol. The zero-order valence-electron chi connectivity index (χ0n) is 12.2. The predicted octanol–water partition coefficient (Wildman–Crippen LogP) is 2.34. The van der Waals surface area contributed by atoms with Gasteiger partial charge in [-0.15, -0.1) is 0 Å². The molecule has 2 atom stereocenters. The number of sulfonamides is 1. The van der Waals surface area contributed by atoms with Gasteiger partial charge in [0, 0.05) is 0 Å². The van der Waals surface area contributed by atoms with E-state index >= 15 is 0 Å².